The summed E-state index contributed by atoms with van der Waals surface area (Å²) in [7, 11) is 1.84. The summed E-state index contributed by atoms with van der Waals surface area (Å²) in [5, 5.41) is 19.4. The number of nitrogens with zero attached hydrogens (tertiary/aromatic N) is 5. The Balaban J connectivity index is 1.69. The number of carboxylic acids is 1. The Bertz CT molecular complexity index is 1400. The van der Waals surface area contributed by atoms with Crippen molar-refractivity contribution in [3.63, 3.8) is 0 Å². The van der Waals surface area contributed by atoms with Crippen molar-refractivity contribution in [1.29, 1.82) is 0 Å². The highest BCUT2D eigenvalue weighted by Gasteiger charge is 2.17. The average Bonchev–Trinajstić information content (AvgIpc) is 3.36. The number of rotatable bonds is 2. The van der Waals surface area contributed by atoms with E-state index in [2.05, 4.69) is 32.1 Å². The summed E-state index contributed by atoms with van der Waals surface area (Å²) in [5.41, 5.74) is 4.10. The van der Waals surface area contributed by atoms with Crippen LogP contribution in [0.25, 0.3) is 34.3 Å². The average molecular weight is 575 g/mol. The lowest BCUT2D eigenvalue weighted by Gasteiger charge is -2.11. The van der Waals surface area contributed by atoms with Crippen LogP contribution < -0.4 is 9.47 Å². The third-order valence-electron chi connectivity index (χ3n) is 5.30. The first-order valence-corrected chi connectivity index (χ1v) is 14.2. The van der Waals surface area contributed by atoms with Gasteiger partial charge in [0.1, 0.15) is 5.75 Å². The molecule has 0 amide bonds. The molecule has 33 heavy (non-hydrogen) atoms. The largest absolute Gasteiger partial charge is 0.493 e. The van der Waals surface area contributed by atoms with E-state index in [0.717, 1.165) is 27.9 Å². The maximum absolute atomic E-state index is 11.5. The van der Waals surface area contributed by atoms with Crippen LogP contribution >= 0.6 is 28.4 Å². The molecule has 1 unspecified atom stereocenters. The monoisotopic (exact) mass is 575 g/mol. The highest BCUT2D eigenvalue weighted by atomic mass is 127. The van der Waals surface area contributed by atoms with Crippen molar-refractivity contribution >= 4 is 57.4 Å². The maximum Gasteiger partial charge on any atom is 0.335 e. The van der Waals surface area contributed by atoms with Crippen molar-refractivity contribution in [3.05, 3.63) is 53.5 Å². The van der Waals surface area contributed by atoms with E-state index in [-0.39, 0.29) is 5.56 Å². The second kappa shape index (κ2) is 9.11. The van der Waals surface area contributed by atoms with Gasteiger partial charge in [-0.1, -0.05) is 0 Å². The minimum absolute atomic E-state index is 0.196. The van der Waals surface area contributed by atoms with Crippen molar-refractivity contribution < 1.29 is 19.4 Å². The van der Waals surface area contributed by atoms with E-state index in [1.807, 2.05) is 35.9 Å². The zero-order valence-electron chi connectivity index (χ0n) is 17.5. The molecule has 0 spiro atoms. The van der Waals surface area contributed by atoms with Crippen LogP contribution in [0.15, 0.2) is 36.7 Å². The number of ether oxygens (including phenoxy) is 2. The quantitative estimate of drug-likeness (QED) is 0.274. The van der Waals surface area contributed by atoms with Gasteiger partial charge >= 0.3 is 5.97 Å². The van der Waals surface area contributed by atoms with Gasteiger partial charge < -0.3 is 14.6 Å². The van der Waals surface area contributed by atoms with Gasteiger partial charge in [-0.3, -0.25) is 4.98 Å². The fourth-order valence-corrected chi connectivity index (χ4v) is 5.19. The van der Waals surface area contributed by atoms with Crippen LogP contribution in [0, 0.1) is 0 Å². The Morgan fingerprint density at radius 3 is 2.85 bits per heavy atom. The molecule has 4 heterocycles. The van der Waals surface area contributed by atoms with Crippen molar-refractivity contribution in [1.82, 2.24) is 24.3 Å². The van der Waals surface area contributed by atoms with Gasteiger partial charge in [0.25, 0.3) is 0 Å². The number of aromatic carboxylic acids is 1. The van der Waals surface area contributed by atoms with E-state index in [1.165, 1.54) is 0 Å². The van der Waals surface area contributed by atoms with E-state index < -0.39 is 5.97 Å². The highest BCUT2D eigenvalue weighted by Crippen LogP contribution is 2.35. The van der Waals surface area contributed by atoms with Gasteiger partial charge in [-0.05, 0) is 58.5 Å². The number of hydrogen-bond donors (Lipinski definition) is 1. The van der Waals surface area contributed by atoms with E-state index in [1.54, 1.807) is 29.1 Å². The molecule has 1 N–H and O–H groups in total. The summed E-state index contributed by atoms with van der Waals surface area (Å²) in [6, 6.07) is 6.83. The number of benzene rings is 1. The lowest BCUT2D eigenvalue weighted by atomic mass is 10.1. The van der Waals surface area contributed by atoms with Crippen LogP contribution in [0.1, 0.15) is 28.0 Å². The molecule has 1 aromatic carbocycles. The third kappa shape index (κ3) is 4.20. The molecular formula is C22H19IN5O4P. The third-order valence-corrected chi connectivity index (χ3v) is 7.17. The zero-order valence-corrected chi connectivity index (χ0v) is 20.7. The molecule has 11 heteroatoms. The fraction of sp³-hybridized carbons (Fsp3) is 0.182. The Morgan fingerprint density at radius 1 is 1.18 bits per heavy atom. The molecule has 1 atom stereocenters. The predicted molar refractivity (Wildman–Crippen MR) is 135 cm³/mol. The number of aryl methyl sites for hydroxylation is 1. The first kappa shape index (κ1) is 21.8. The van der Waals surface area contributed by atoms with Gasteiger partial charge in [-0.2, -0.15) is 10.2 Å². The molecule has 0 saturated heterocycles. The van der Waals surface area contributed by atoms with Crippen molar-refractivity contribution in [2.45, 2.75) is 6.42 Å². The van der Waals surface area contributed by atoms with E-state index in [9.17, 15) is 9.90 Å². The second-order valence-electron chi connectivity index (χ2n) is 7.40. The van der Waals surface area contributed by atoms with Gasteiger partial charge in [-0.15, -0.1) is 0 Å². The highest BCUT2D eigenvalue weighted by molar-refractivity contribution is 14.2. The van der Waals surface area contributed by atoms with E-state index in [0.29, 0.717) is 43.2 Å². The van der Waals surface area contributed by atoms with Crippen molar-refractivity contribution in [2.24, 2.45) is 7.05 Å². The molecular weight excluding hydrogens is 556 g/mol. The molecule has 4 aromatic rings. The summed E-state index contributed by atoms with van der Waals surface area (Å²) in [6.07, 6.45) is 8.34. The molecule has 5 rings (SSSR count). The fourth-order valence-electron chi connectivity index (χ4n) is 3.67. The molecule has 1 aliphatic rings. The summed E-state index contributed by atoms with van der Waals surface area (Å²) >= 11 is 2.28. The number of halogens is 1. The van der Waals surface area contributed by atoms with Crippen LogP contribution in [-0.2, 0) is 7.05 Å². The van der Waals surface area contributed by atoms with Gasteiger partial charge in [0.05, 0.1) is 60.0 Å². The number of fused-ring (bicyclic) bond motifs is 4. The van der Waals surface area contributed by atoms with Crippen molar-refractivity contribution in [3.8, 4) is 22.9 Å². The van der Waals surface area contributed by atoms with Gasteiger partial charge in [0, 0.05) is 24.4 Å². The van der Waals surface area contributed by atoms with Crippen molar-refractivity contribution in [2.75, 3.05) is 13.2 Å². The predicted octanol–water partition coefficient (Wildman–Crippen LogP) is 4.65. The van der Waals surface area contributed by atoms with E-state index in [4.69, 9.17) is 14.6 Å². The van der Waals surface area contributed by atoms with E-state index >= 15 is 0 Å². The first-order chi connectivity index (χ1) is 16.0. The summed E-state index contributed by atoms with van der Waals surface area (Å²) in [5.74, 6) is 0.260. The maximum atomic E-state index is 11.5. The Hall–Kier alpha value is -2.98. The molecule has 3 aromatic heterocycles. The van der Waals surface area contributed by atoms with Crippen LogP contribution in [0.3, 0.4) is 0 Å². The lowest BCUT2D eigenvalue weighted by molar-refractivity contribution is 0.0697. The number of pyridine rings is 1. The summed E-state index contributed by atoms with van der Waals surface area (Å²) in [4.78, 5) is 16.2. The van der Waals surface area contributed by atoms with Gasteiger partial charge in [0.2, 0.25) is 5.88 Å². The number of carboxylic acid groups (broad SMARTS) is 1. The molecule has 0 fully saturated rings. The number of aromatic nitrogens is 5. The SMILES string of the molecule is Cn1ncc2c1OCCCOc1ccc(C(=O)O)cc1/C=C/c1nn(PI)c3cnc-2cc13. The Morgan fingerprint density at radius 2 is 2.03 bits per heavy atom. The normalized spacial score (nSPS) is 14.8. The lowest BCUT2D eigenvalue weighted by Crippen LogP contribution is -2.08. The van der Waals surface area contributed by atoms with Gasteiger partial charge in [0.15, 0.2) is 0 Å². The van der Waals surface area contributed by atoms with Crippen LogP contribution in [0.5, 0.6) is 11.6 Å². The molecule has 168 valence electrons. The standard InChI is InChI=1S/C22H19IN5O4P/c1-27-21-16(11-25-27)18-10-15-17(26-28(33-23)19(15)12-24-18)5-3-13-9-14(22(29)30)4-6-20(13)31-7-2-8-32-21/h3-6,9-12,33H,2,7-8H2,1H3,(H,29,30)/b5-3+. The summed E-state index contributed by atoms with van der Waals surface area (Å²) in [6.45, 7) is 0.855. The topological polar surface area (TPSA) is 104 Å². The summed E-state index contributed by atoms with van der Waals surface area (Å²) < 4.78 is 15.6. The Kier molecular flexibility index (Phi) is 6.03. The molecule has 9 nitrogen and oxygen atoms in total. The molecule has 0 saturated carbocycles. The second-order valence-corrected chi connectivity index (χ2v) is 9.44. The van der Waals surface area contributed by atoms with Crippen LogP contribution in [0.2, 0.25) is 0 Å². The number of hydrogen-bond acceptors (Lipinski definition) is 6. The molecule has 2 bridgehead atoms. The number of carbonyl (C=O) groups is 1. The van der Waals surface area contributed by atoms with Gasteiger partial charge in [-0.25, -0.2) is 13.9 Å². The molecule has 0 aliphatic carbocycles. The minimum Gasteiger partial charge on any atom is -0.493 e. The smallest absolute Gasteiger partial charge is 0.335 e. The first-order valence-electron chi connectivity index (χ1n) is 10.1. The minimum atomic E-state index is -0.988. The zero-order chi connectivity index (χ0) is 22.9. The molecule has 1 aliphatic heterocycles. The van der Waals surface area contributed by atoms with Crippen LogP contribution in [0.4, 0.5) is 0 Å². The Labute approximate surface area is 203 Å². The van der Waals surface area contributed by atoms with Crippen LogP contribution in [-0.4, -0.2) is 48.6 Å². The molecule has 0 radical (unpaired) electrons.